The highest BCUT2D eigenvalue weighted by molar-refractivity contribution is 5.97. The first-order valence-electron chi connectivity index (χ1n) is 8.05. The number of aromatic amines is 1. The molecule has 0 saturated heterocycles. The topological polar surface area (TPSA) is 100 Å². The third kappa shape index (κ3) is 3.62. The van der Waals surface area contributed by atoms with Gasteiger partial charge in [-0.2, -0.15) is 0 Å². The van der Waals surface area contributed by atoms with E-state index in [1.807, 2.05) is 0 Å². The largest absolute Gasteiger partial charge is 0.443 e. The van der Waals surface area contributed by atoms with Gasteiger partial charge in [0.25, 0.3) is 5.91 Å². The van der Waals surface area contributed by atoms with E-state index >= 15 is 0 Å². The molecule has 2 amide bonds. The third-order valence-electron chi connectivity index (χ3n) is 3.69. The number of carbonyl (C=O) groups is 2. The number of rotatable bonds is 2. The first kappa shape index (κ1) is 16.9. The molecule has 0 bridgehead atoms. The lowest BCUT2D eigenvalue weighted by Gasteiger charge is -2.23. The average Bonchev–Trinajstić information content (AvgIpc) is 2.98. The van der Waals surface area contributed by atoms with Crippen LogP contribution in [0.15, 0.2) is 18.3 Å². The fourth-order valence-corrected chi connectivity index (χ4v) is 2.50. The molecule has 2 aromatic heterocycles. The molecule has 2 N–H and O–H groups in total. The van der Waals surface area contributed by atoms with Crippen molar-refractivity contribution >= 4 is 17.9 Å². The second-order valence-corrected chi connectivity index (χ2v) is 6.86. The summed E-state index contributed by atoms with van der Waals surface area (Å²) in [5, 5.41) is 2.81. The Morgan fingerprint density at radius 3 is 2.80 bits per heavy atom. The van der Waals surface area contributed by atoms with E-state index in [0.29, 0.717) is 23.5 Å². The number of fused-ring (bicyclic) bond motifs is 1. The van der Waals surface area contributed by atoms with Crippen molar-refractivity contribution in [2.45, 2.75) is 32.8 Å². The molecule has 0 saturated carbocycles. The standard InChI is InChI=1S/C17H21N5O3/c1-17(2,3)25-16(24)22(4)15-19-8-6-12(21-15)13-9-10-11(20-13)5-7-18-14(10)23/h6,8-9,20H,5,7H2,1-4H3,(H,18,23). The van der Waals surface area contributed by atoms with E-state index in [1.54, 1.807) is 46.1 Å². The van der Waals surface area contributed by atoms with Crippen LogP contribution >= 0.6 is 0 Å². The molecule has 3 rings (SSSR count). The van der Waals surface area contributed by atoms with Crippen LogP contribution in [0.5, 0.6) is 0 Å². The molecule has 0 radical (unpaired) electrons. The summed E-state index contributed by atoms with van der Waals surface area (Å²) in [5.74, 6) is 0.132. The van der Waals surface area contributed by atoms with Crippen molar-refractivity contribution < 1.29 is 14.3 Å². The number of hydrogen-bond acceptors (Lipinski definition) is 5. The minimum absolute atomic E-state index is 0.0936. The average molecular weight is 343 g/mol. The summed E-state index contributed by atoms with van der Waals surface area (Å²) in [7, 11) is 1.56. The van der Waals surface area contributed by atoms with Gasteiger partial charge in [0, 0.05) is 31.9 Å². The van der Waals surface area contributed by atoms with E-state index in [1.165, 1.54) is 4.90 Å². The predicted octanol–water partition coefficient (Wildman–Crippen LogP) is 2.13. The number of carbonyl (C=O) groups excluding carboxylic acids is 2. The Kier molecular flexibility index (Phi) is 4.20. The molecule has 0 spiro atoms. The number of nitrogens with one attached hydrogen (secondary N) is 2. The second kappa shape index (κ2) is 6.19. The third-order valence-corrected chi connectivity index (χ3v) is 3.69. The van der Waals surface area contributed by atoms with Gasteiger partial charge in [-0.15, -0.1) is 0 Å². The SMILES string of the molecule is CN(C(=O)OC(C)(C)C)c1nccc(-c2cc3c([nH]2)CCNC3=O)n1. The first-order valence-corrected chi connectivity index (χ1v) is 8.05. The number of hydrogen-bond donors (Lipinski definition) is 2. The molecule has 0 aliphatic carbocycles. The van der Waals surface area contributed by atoms with Crippen LogP contribution in [0.25, 0.3) is 11.4 Å². The van der Waals surface area contributed by atoms with Crippen molar-refractivity contribution in [1.29, 1.82) is 0 Å². The molecule has 1 aliphatic rings. The minimum atomic E-state index is -0.602. The zero-order valence-corrected chi connectivity index (χ0v) is 14.7. The van der Waals surface area contributed by atoms with Crippen molar-refractivity contribution in [2.24, 2.45) is 0 Å². The Hall–Kier alpha value is -2.90. The Labute approximate surface area is 145 Å². The summed E-state index contributed by atoms with van der Waals surface area (Å²) < 4.78 is 5.33. The van der Waals surface area contributed by atoms with Gasteiger partial charge in [-0.1, -0.05) is 0 Å². The van der Waals surface area contributed by atoms with Crippen molar-refractivity contribution in [2.75, 3.05) is 18.5 Å². The van der Waals surface area contributed by atoms with E-state index in [2.05, 4.69) is 20.3 Å². The molecule has 8 nitrogen and oxygen atoms in total. The summed E-state index contributed by atoms with van der Waals surface area (Å²) in [6, 6.07) is 3.49. The summed E-state index contributed by atoms with van der Waals surface area (Å²) in [5.41, 5.74) is 2.22. The smallest absolute Gasteiger partial charge is 0.416 e. The highest BCUT2D eigenvalue weighted by Crippen LogP contribution is 2.23. The van der Waals surface area contributed by atoms with Crippen molar-refractivity contribution in [3.05, 3.63) is 29.6 Å². The molecule has 0 fully saturated rings. The van der Waals surface area contributed by atoms with Crippen LogP contribution in [0.1, 0.15) is 36.8 Å². The molecule has 2 aromatic rings. The lowest BCUT2D eigenvalue weighted by Crippen LogP contribution is -2.35. The van der Waals surface area contributed by atoms with Gasteiger partial charge in [-0.3, -0.25) is 4.79 Å². The fraction of sp³-hybridized carbons (Fsp3) is 0.412. The number of nitrogens with zero attached hydrogens (tertiary/aromatic N) is 3. The molecular weight excluding hydrogens is 322 g/mol. The van der Waals surface area contributed by atoms with Crippen LogP contribution in [0.2, 0.25) is 0 Å². The van der Waals surface area contributed by atoms with Gasteiger partial charge in [-0.05, 0) is 32.9 Å². The van der Waals surface area contributed by atoms with Crippen molar-refractivity contribution in [3.63, 3.8) is 0 Å². The quantitative estimate of drug-likeness (QED) is 0.870. The Balaban J connectivity index is 1.87. The van der Waals surface area contributed by atoms with Crippen molar-refractivity contribution in [3.8, 4) is 11.4 Å². The molecule has 1 aliphatic heterocycles. The monoisotopic (exact) mass is 343 g/mol. The first-order chi connectivity index (χ1) is 11.7. The molecule has 0 atom stereocenters. The molecule has 132 valence electrons. The highest BCUT2D eigenvalue weighted by Gasteiger charge is 2.23. The van der Waals surface area contributed by atoms with Crippen LogP contribution in [0, 0.1) is 0 Å². The zero-order chi connectivity index (χ0) is 18.2. The maximum absolute atomic E-state index is 12.2. The lowest BCUT2D eigenvalue weighted by atomic mass is 10.1. The van der Waals surface area contributed by atoms with Crippen LogP contribution in [0.3, 0.4) is 0 Å². The molecule has 0 unspecified atom stereocenters. The molecule has 25 heavy (non-hydrogen) atoms. The summed E-state index contributed by atoms with van der Waals surface area (Å²) >= 11 is 0. The molecule has 8 heteroatoms. The molecule has 3 heterocycles. The summed E-state index contributed by atoms with van der Waals surface area (Å²) in [4.78, 5) is 37.1. The zero-order valence-electron chi connectivity index (χ0n) is 14.7. The van der Waals surface area contributed by atoms with Gasteiger partial charge < -0.3 is 15.0 Å². The lowest BCUT2D eigenvalue weighted by molar-refractivity contribution is 0.0587. The summed E-state index contributed by atoms with van der Waals surface area (Å²) in [6.45, 7) is 6.00. The highest BCUT2D eigenvalue weighted by atomic mass is 16.6. The maximum atomic E-state index is 12.2. The van der Waals surface area contributed by atoms with E-state index < -0.39 is 11.7 Å². The van der Waals surface area contributed by atoms with Gasteiger partial charge in [0.2, 0.25) is 5.95 Å². The fourth-order valence-electron chi connectivity index (χ4n) is 2.50. The number of aromatic nitrogens is 3. The van der Waals surface area contributed by atoms with Crippen LogP contribution in [-0.2, 0) is 11.2 Å². The minimum Gasteiger partial charge on any atom is -0.443 e. The summed E-state index contributed by atoms with van der Waals surface area (Å²) in [6.07, 6.45) is 1.78. The van der Waals surface area contributed by atoms with Gasteiger partial charge in [-0.25, -0.2) is 19.7 Å². The van der Waals surface area contributed by atoms with E-state index in [-0.39, 0.29) is 11.9 Å². The second-order valence-electron chi connectivity index (χ2n) is 6.86. The molecule has 0 aromatic carbocycles. The van der Waals surface area contributed by atoms with E-state index in [9.17, 15) is 9.59 Å². The van der Waals surface area contributed by atoms with Gasteiger partial charge in [0.05, 0.1) is 17.0 Å². The Morgan fingerprint density at radius 1 is 1.36 bits per heavy atom. The van der Waals surface area contributed by atoms with E-state index in [0.717, 1.165) is 12.1 Å². The normalized spacial score (nSPS) is 13.8. The van der Waals surface area contributed by atoms with Crippen LogP contribution in [0.4, 0.5) is 10.7 Å². The van der Waals surface area contributed by atoms with Gasteiger partial charge in [0.1, 0.15) is 5.60 Å². The Morgan fingerprint density at radius 2 is 2.12 bits per heavy atom. The van der Waals surface area contributed by atoms with Crippen molar-refractivity contribution in [1.82, 2.24) is 20.3 Å². The van der Waals surface area contributed by atoms with E-state index in [4.69, 9.17) is 4.74 Å². The van der Waals surface area contributed by atoms with Crippen LogP contribution < -0.4 is 10.2 Å². The number of anilines is 1. The van der Waals surface area contributed by atoms with Gasteiger partial charge >= 0.3 is 6.09 Å². The predicted molar refractivity (Wildman–Crippen MR) is 92.5 cm³/mol. The molecular formula is C17H21N5O3. The number of amides is 2. The number of ether oxygens (including phenoxy) is 1. The van der Waals surface area contributed by atoms with Crippen LogP contribution in [-0.4, -0.2) is 46.1 Å². The number of H-pyrrole nitrogens is 1. The van der Waals surface area contributed by atoms with Gasteiger partial charge in [0.15, 0.2) is 0 Å². The Bertz CT molecular complexity index is 822. The maximum Gasteiger partial charge on any atom is 0.416 e.